The molecular formula is C12H10ClN3O2. The van der Waals surface area contributed by atoms with Gasteiger partial charge in [0.2, 0.25) is 5.49 Å². The average molecular weight is 264 g/mol. The second-order valence-electron chi connectivity index (χ2n) is 3.65. The maximum atomic E-state index is 10.4. The molecule has 2 aromatic rings. The summed E-state index contributed by atoms with van der Waals surface area (Å²) in [6.07, 6.45) is 1.75. The first-order chi connectivity index (χ1) is 8.65. The number of pyridine rings is 1. The van der Waals surface area contributed by atoms with E-state index in [4.69, 9.17) is 11.6 Å². The minimum atomic E-state index is -0.701. The lowest BCUT2D eigenvalue weighted by Gasteiger charge is -2.05. The molecular weight excluding hydrogens is 254 g/mol. The summed E-state index contributed by atoms with van der Waals surface area (Å²) in [6.45, 7) is 0.505. The third-order valence-corrected chi connectivity index (χ3v) is 2.62. The summed E-state index contributed by atoms with van der Waals surface area (Å²) in [6, 6.07) is 12.4. The van der Waals surface area contributed by atoms with Crippen LogP contribution in [-0.2, 0) is 6.54 Å². The van der Waals surface area contributed by atoms with Crippen LogP contribution < -0.4 is 5.49 Å². The Balaban J connectivity index is 2.35. The van der Waals surface area contributed by atoms with Gasteiger partial charge in [-0.15, -0.1) is 0 Å². The van der Waals surface area contributed by atoms with Gasteiger partial charge in [-0.25, -0.2) is 10.1 Å². The fourth-order valence-corrected chi connectivity index (χ4v) is 1.69. The molecule has 0 radical (unpaired) electrons. The zero-order valence-corrected chi connectivity index (χ0v) is 10.1. The standard InChI is InChI=1S/C12H10ClN3O2/c13-11-6-4-10(5-7-11)9-15-8-2-1-3-12(15)14-16(17)18/h1-8H,9H2/b14-12+. The second-order valence-corrected chi connectivity index (χ2v) is 4.09. The van der Waals surface area contributed by atoms with Gasteiger partial charge < -0.3 is 4.57 Å². The number of aromatic nitrogens is 1. The summed E-state index contributed by atoms with van der Waals surface area (Å²) in [5, 5.41) is 13.7. The van der Waals surface area contributed by atoms with Gasteiger partial charge in [0.05, 0.1) is 5.10 Å². The molecule has 2 rings (SSSR count). The Hall–Kier alpha value is -2.14. The van der Waals surface area contributed by atoms with Crippen LogP contribution in [-0.4, -0.2) is 9.60 Å². The molecule has 0 atom stereocenters. The zero-order valence-electron chi connectivity index (χ0n) is 9.36. The van der Waals surface area contributed by atoms with Crippen LogP contribution >= 0.6 is 11.6 Å². The molecule has 0 aliphatic carbocycles. The molecule has 1 aromatic carbocycles. The number of hydrogen-bond acceptors (Lipinski definition) is 2. The minimum Gasteiger partial charge on any atom is -0.324 e. The Kier molecular flexibility index (Phi) is 3.74. The number of nitrogens with zero attached hydrogens (tertiary/aromatic N) is 3. The van der Waals surface area contributed by atoms with Crippen molar-refractivity contribution in [2.75, 3.05) is 0 Å². The Morgan fingerprint density at radius 2 is 1.94 bits per heavy atom. The van der Waals surface area contributed by atoms with E-state index in [0.717, 1.165) is 5.56 Å². The van der Waals surface area contributed by atoms with E-state index >= 15 is 0 Å². The molecule has 0 aliphatic heterocycles. The SMILES string of the molecule is O=[N+]([O-])/N=c1\ccccn1Cc1ccc(Cl)cc1. The molecule has 5 nitrogen and oxygen atoms in total. The second kappa shape index (κ2) is 5.46. The van der Waals surface area contributed by atoms with E-state index < -0.39 is 5.03 Å². The highest BCUT2D eigenvalue weighted by Gasteiger charge is 1.99. The highest BCUT2D eigenvalue weighted by Crippen LogP contribution is 2.09. The number of hydrogen-bond donors (Lipinski definition) is 0. The number of nitro groups is 1. The van der Waals surface area contributed by atoms with Gasteiger partial charge in [0, 0.05) is 17.8 Å². The van der Waals surface area contributed by atoms with Crippen molar-refractivity contribution in [2.45, 2.75) is 6.54 Å². The average Bonchev–Trinajstić information content (AvgIpc) is 2.34. The van der Waals surface area contributed by atoms with E-state index in [9.17, 15) is 10.1 Å². The van der Waals surface area contributed by atoms with Gasteiger partial charge >= 0.3 is 0 Å². The van der Waals surface area contributed by atoms with Crippen LogP contribution in [0.25, 0.3) is 0 Å². The number of benzene rings is 1. The summed E-state index contributed by atoms with van der Waals surface area (Å²) in [4.78, 5) is 10.4. The van der Waals surface area contributed by atoms with Crippen LogP contribution in [0.4, 0.5) is 0 Å². The molecule has 0 saturated carbocycles. The van der Waals surface area contributed by atoms with Crippen LogP contribution in [0.5, 0.6) is 0 Å². The highest BCUT2D eigenvalue weighted by atomic mass is 35.5. The van der Waals surface area contributed by atoms with Gasteiger partial charge in [-0.05, 0) is 29.8 Å². The van der Waals surface area contributed by atoms with E-state index in [0.29, 0.717) is 17.1 Å². The van der Waals surface area contributed by atoms with E-state index in [2.05, 4.69) is 5.10 Å². The summed E-state index contributed by atoms with van der Waals surface area (Å²) >= 11 is 5.80. The van der Waals surface area contributed by atoms with E-state index in [-0.39, 0.29) is 0 Å². The normalized spacial score (nSPS) is 11.5. The van der Waals surface area contributed by atoms with Gasteiger partial charge in [-0.2, -0.15) is 0 Å². The van der Waals surface area contributed by atoms with Crippen LogP contribution in [0.1, 0.15) is 5.56 Å². The molecule has 18 heavy (non-hydrogen) atoms. The molecule has 0 N–H and O–H groups in total. The summed E-state index contributed by atoms with van der Waals surface area (Å²) in [5.41, 5.74) is 1.30. The maximum Gasteiger partial charge on any atom is 0.207 e. The largest absolute Gasteiger partial charge is 0.324 e. The van der Waals surface area contributed by atoms with Gasteiger partial charge in [-0.1, -0.05) is 29.8 Å². The fourth-order valence-electron chi connectivity index (χ4n) is 1.56. The Morgan fingerprint density at radius 1 is 1.22 bits per heavy atom. The minimum absolute atomic E-state index is 0.303. The topological polar surface area (TPSA) is 60.4 Å². The lowest BCUT2D eigenvalue weighted by atomic mass is 10.2. The van der Waals surface area contributed by atoms with Crippen LogP contribution in [0.2, 0.25) is 5.02 Å². The molecule has 92 valence electrons. The number of rotatable bonds is 3. The van der Waals surface area contributed by atoms with Crippen LogP contribution in [0.3, 0.4) is 0 Å². The molecule has 0 saturated heterocycles. The first-order valence-electron chi connectivity index (χ1n) is 5.24. The van der Waals surface area contributed by atoms with Crippen molar-refractivity contribution >= 4 is 11.6 Å². The predicted octanol–water partition coefficient (Wildman–Crippen LogP) is 2.28. The third kappa shape index (κ3) is 3.18. The van der Waals surface area contributed by atoms with E-state index in [1.807, 2.05) is 12.1 Å². The van der Waals surface area contributed by atoms with Gasteiger partial charge in [-0.3, -0.25) is 0 Å². The lowest BCUT2D eigenvalue weighted by molar-refractivity contribution is -0.490. The Bertz CT molecular complexity index is 620. The predicted molar refractivity (Wildman–Crippen MR) is 67.5 cm³/mol. The van der Waals surface area contributed by atoms with Crippen molar-refractivity contribution in [3.8, 4) is 0 Å². The smallest absolute Gasteiger partial charge is 0.207 e. The van der Waals surface area contributed by atoms with Crippen molar-refractivity contribution in [3.05, 3.63) is 74.8 Å². The summed E-state index contributed by atoms with van der Waals surface area (Å²) < 4.78 is 1.70. The molecule has 6 heteroatoms. The molecule has 0 bridgehead atoms. The monoisotopic (exact) mass is 263 g/mol. The first-order valence-corrected chi connectivity index (χ1v) is 5.62. The molecule has 0 amide bonds. The zero-order chi connectivity index (χ0) is 13.0. The summed E-state index contributed by atoms with van der Waals surface area (Å²) in [7, 11) is 0. The Labute approximate surface area is 108 Å². The van der Waals surface area contributed by atoms with Crippen molar-refractivity contribution in [3.63, 3.8) is 0 Å². The Morgan fingerprint density at radius 3 is 2.61 bits per heavy atom. The number of halogens is 1. The van der Waals surface area contributed by atoms with Crippen LogP contribution in [0, 0.1) is 10.1 Å². The van der Waals surface area contributed by atoms with E-state index in [1.165, 1.54) is 0 Å². The maximum absolute atomic E-state index is 10.4. The first kappa shape index (κ1) is 12.3. The highest BCUT2D eigenvalue weighted by molar-refractivity contribution is 6.30. The molecule has 0 fully saturated rings. The van der Waals surface area contributed by atoms with Crippen LogP contribution in [0.15, 0.2) is 53.8 Å². The van der Waals surface area contributed by atoms with E-state index in [1.54, 1.807) is 41.1 Å². The summed E-state index contributed by atoms with van der Waals surface area (Å²) in [5.74, 6) is 0. The molecule has 0 aliphatic rings. The fraction of sp³-hybridized carbons (Fsp3) is 0.0833. The van der Waals surface area contributed by atoms with Gasteiger partial charge in [0.15, 0.2) is 5.03 Å². The van der Waals surface area contributed by atoms with Gasteiger partial charge in [0.1, 0.15) is 0 Å². The van der Waals surface area contributed by atoms with Crippen molar-refractivity contribution in [1.29, 1.82) is 0 Å². The molecule has 1 heterocycles. The molecule has 1 aromatic heterocycles. The van der Waals surface area contributed by atoms with Crippen molar-refractivity contribution in [1.82, 2.24) is 4.57 Å². The van der Waals surface area contributed by atoms with Crippen molar-refractivity contribution in [2.24, 2.45) is 5.10 Å². The van der Waals surface area contributed by atoms with Crippen molar-refractivity contribution < 1.29 is 5.03 Å². The molecule has 0 unspecified atom stereocenters. The molecule has 0 spiro atoms. The van der Waals surface area contributed by atoms with Gasteiger partial charge in [0.25, 0.3) is 0 Å². The quantitative estimate of drug-likeness (QED) is 0.630. The third-order valence-electron chi connectivity index (χ3n) is 2.37. The lowest BCUT2D eigenvalue weighted by Crippen LogP contribution is -2.21.